The first kappa shape index (κ1) is 13.5. The third kappa shape index (κ3) is 3.44. The van der Waals surface area contributed by atoms with Crippen molar-refractivity contribution in [1.82, 2.24) is 9.78 Å². The van der Waals surface area contributed by atoms with Crippen molar-refractivity contribution < 1.29 is 9.90 Å². The van der Waals surface area contributed by atoms with Crippen LogP contribution in [-0.2, 0) is 24.2 Å². The van der Waals surface area contributed by atoms with E-state index in [0.29, 0.717) is 18.5 Å². The highest BCUT2D eigenvalue weighted by atomic mass is 16.4. The summed E-state index contributed by atoms with van der Waals surface area (Å²) in [4.78, 5) is 10.9. The van der Waals surface area contributed by atoms with E-state index in [9.17, 15) is 4.79 Å². The van der Waals surface area contributed by atoms with Crippen molar-refractivity contribution in [2.24, 2.45) is 0 Å². The van der Waals surface area contributed by atoms with Gasteiger partial charge in [0.05, 0.1) is 12.2 Å². The molecule has 0 aliphatic heterocycles. The summed E-state index contributed by atoms with van der Waals surface area (Å²) in [6, 6.07) is 2.08. The second kappa shape index (κ2) is 6.23. The van der Waals surface area contributed by atoms with Gasteiger partial charge in [0.15, 0.2) is 0 Å². The van der Waals surface area contributed by atoms with Crippen LogP contribution in [0.1, 0.15) is 38.6 Å². The molecule has 0 aliphatic rings. The zero-order valence-electron chi connectivity index (χ0n) is 10.7. The summed E-state index contributed by atoms with van der Waals surface area (Å²) in [6.07, 6.45) is 4.10. The van der Waals surface area contributed by atoms with Gasteiger partial charge in [-0.3, -0.25) is 4.68 Å². The number of nitrogens with zero attached hydrogens (tertiary/aromatic N) is 2. The zero-order valence-corrected chi connectivity index (χ0v) is 10.7. The fourth-order valence-corrected chi connectivity index (χ4v) is 1.71. The number of hydrogen-bond acceptors (Lipinski definition) is 2. The first-order valence-corrected chi connectivity index (χ1v) is 6.10. The lowest BCUT2D eigenvalue weighted by Crippen LogP contribution is -2.06. The Kier molecular flexibility index (Phi) is 4.94. The molecule has 0 amide bonds. The zero-order chi connectivity index (χ0) is 12.8. The molecule has 1 N–H and O–H groups in total. The van der Waals surface area contributed by atoms with Crippen molar-refractivity contribution in [3.63, 3.8) is 0 Å². The molecular formula is C13H20N2O2. The fourth-order valence-electron chi connectivity index (χ4n) is 1.71. The average molecular weight is 236 g/mol. The molecule has 0 aliphatic carbocycles. The summed E-state index contributed by atoms with van der Waals surface area (Å²) < 4.78 is 1.89. The standard InChI is InChI=1S/C13H20N2O2/c1-4-10(13(16)17)7-8-15-12(6-3)9-11(5-2)14-15/h7,9H,4-6,8H2,1-3H3,(H,16,17)/b10-7-. The second-order valence-corrected chi connectivity index (χ2v) is 3.90. The van der Waals surface area contributed by atoms with Crippen LogP contribution in [0.15, 0.2) is 17.7 Å². The Morgan fingerprint density at radius 1 is 1.41 bits per heavy atom. The Bertz CT molecular complexity index is 419. The number of hydrogen-bond donors (Lipinski definition) is 1. The van der Waals surface area contributed by atoms with Crippen LogP contribution >= 0.6 is 0 Å². The summed E-state index contributed by atoms with van der Waals surface area (Å²) in [5.41, 5.74) is 2.66. The van der Waals surface area contributed by atoms with Gasteiger partial charge in [0.25, 0.3) is 0 Å². The number of aliphatic carboxylic acids is 1. The lowest BCUT2D eigenvalue weighted by Gasteiger charge is -2.03. The van der Waals surface area contributed by atoms with Gasteiger partial charge >= 0.3 is 5.97 Å². The summed E-state index contributed by atoms with van der Waals surface area (Å²) in [5.74, 6) is -0.839. The SMILES string of the molecule is CC/C(=C/Cn1nc(CC)cc1CC)C(=O)O. The molecule has 0 fully saturated rings. The maximum atomic E-state index is 10.9. The highest BCUT2D eigenvalue weighted by molar-refractivity contribution is 5.86. The van der Waals surface area contributed by atoms with Crippen molar-refractivity contribution in [3.05, 3.63) is 29.1 Å². The molecule has 1 heterocycles. The molecule has 0 unspecified atom stereocenters. The van der Waals surface area contributed by atoms with Crippen LogP contribution in [0.4, 0.5) is 0 Å². The van der Waals surface area contributed by atoms with Gasteiger partial charge in [0.1, 0.15) is 0 Å². The molecule has 17 heavy (non-hydrogen) atoms. The van der Waals surface area contributed by atoms with E-state index in [2.05, 4.69) is 25.0 Å². The fraction of sp³-hybridized carbons (Fsp3) is 0.538. The Morgan fingerprint density at radius 2 is 2.12 bits per heavy atom. The van der Waals surface area contributed by atoms with Crippen LogP contribution in [0, 0.1) is 0 Å². The quantitative estimate of drug-likeness (QED) is 0.772. The number of aromatic nitrogens is 2. The van der Waals surface area contributed by atoms with Crippen LogP contribution in [-0.4, -0.2) is 20.9 Å². The van der Waals surface area contributed by atoms with Crippen LogP contribution in [0.25, 0.3) is 0 Å². The molecular weight excluding hydrogens is 216 g/mol. The molecule has 0 atom stereocenters. The van der Waals surface area contributed by atoms with E-state index in [1.807, 2.05) is 11.6 Å². The molecule has 1 aromatic rings. The summed E-state index contributed by atoms with van der Waals surface area (Å²) in [5, 5.41) is 13.4. The van der Waals surface area contributed by atoms with Gasteiger partial charge in [-0.25, -0.2) is 4.79 Å². The van der Waals surface area contributed by atoms with Crippen molar-refractivity contribution in [1.29, 1.82) is 0 Å². The van der Waals surface area contributed by atoms with Crippen LogP contribution in [0.5, 0.6) is 0 Å². The van der Waals surface area contributed by atoms with Crippen LogP contribution < -0.4 is 0 Å². The lowest BCUT2D eigenvalue weighted by molar-refractivity contribution is -0.132. The van der Waals surface area contributed by atoms with E-state index in [0.717, 1.165) is 24.2 Å². The van der Waals surface area contributed by atoms with Gasteiger partial charge in [-0.2, -0.15) is 5.10 Å². The Balaban J connectivity index is 2.87. The number of carboxylic acid groups (broad SMARTS) is 1. The monoisotopic (exact) mass is 236 g/mol. The van der Waals surface area contributed by atoms with Gasteiger partial charge in [0.2, 0.25) is 0 Å². The minimum Gasteiger partial charge on any atom is -0.478 e. The largest absolute Gasteiger partial charge is 0.478 e. The molecule has 0 radical (unpaired) electrons. The smallest absolute Gasteiger partial charge is 0.331 e. The third-order valence-corrected chi connectivity index (χ3v) is 2.80. The maximum absolute atomic E-state index is 10.9. The predicted molar refractivity (Wildman–Crippen MR) is 67.0 cm³/mol. The van der Waals surface area contributed by atoms with E-state index in [1.54, 1.807) is 6.08 Å². The number of rotatable bonds is 6. The molecule has 94 valence electrons. The highest BCUT2D eigenvalue weighted by Crippen LogP contribution is 2.08. The van der Waals surface area contributed by atoms with Gasteiger partial charge in [-0.05, 0) is 25.3 Å². The van der Waals surface area contributed by atoms with E-state index in [-0.39, 0.29) is 0 Å². The van der Waals surface area contributed by atoms with Crippen molar-refractivity contribution in [2.45, 2.75) is 46.6 Å². The average Bonchev–Trinajstić information content (AvgIpc) is 2.72. The molecule has 4 nitrogen and oxygen atoms in total. The van der Waals surface area contributed by atoms with Crippen molar-refractivity contribution >= 4 is 5.97 Å². The molecule has 0 saturated carbocycles. The van der Waals surface area contributed by atoms with Gasteiger partial charge in [-0.1, -0.05) is 26.8 Å². The Morgan fingerprint density at radius 3 is 2.59 bits per heavy atom. The summed E-state index contributed by atoms with van der Waals surface area (Å²) in [6.45, 7) is 6.53. The van der Waals surface area contributed by atoms with Gasteiger partial charge in [0, 0.05) is 11.3 Å². The highest BCUT2D eigenvalue weighted by Gasteiger charge is 2.06. The van der Waals surface area contributed by atoms with E-state index >= 15 is 0 Å². The maximum Gasteiger partial charge on any atom is 0.331 e. The Hall–Kier alpha value is -1.58. The minimum absolute atomic E-state index is 0.445. The third-order valence-electron chi connectivity index (χ3n) is 2.80. The minimum atomic E-state index is -0.839. The number of allylic oxidation sites excluding steroid dienone is 1. The van der Waals surface area contributed by atoms with E-state index in [4.69, 9.17) is 5.11 Å². The van der Waals surface area contributed by atoms with Crippen molar-refractivity contribution in [2.75, 3.05) is 0 Å². The second-order valence-electron chi connectivity index (χ2n) is 3.90. The molecule has 0 aromatic carbocycles. The molecule has 0 saturated heterocycles. The molecule has 1 aromatic heterocycles. The lowest BCUT2D eigenvalue weighted by atomic mass is 10.2. The van der Waals surface area contributed by atoms with Crippen LogP contribution in [0.3, 0.4) is 0 Å². The molecule has 0 spiro atoms. The molecule has 4 heteroatoms. The van der Waals surface area contributed by atoms with Crippen molar-refractivity contribution in [3.8, 4) is 0 Å². The first-order chi connectivity index (χ1) is 8.12. The number of carbonyl (C=O) groups is 1. The number of aryl methyl sites for hydroxylation is 2. The van der Waals surface area contributed by atoms with Gasteiger partial charge in [-0.15, -0.1) is 0 Å². The van der Waals surface area contributed by atoms with Gasteiger partial charge < -0.3 is 5.11 Å². The Labute approximate surface area is 102 Å². The summed E-state index contributed by atoms with van der Waals surface area (Å²) >= 11 is 0. The summed E-state index contributed by atoms with van der Waals surface area (Å²) in [7, 11) is 0. The first-order valence-electron chi connectivity index (χ1n) is 6.10. The van der Waals surface area contributed by atoms with E-state index < -0.39 is 5.97 Å². The van der Waals surface area contributed by atoms with E-state index in [1.165, 1.54) is 0 Å². The molecule has 1 rings (SSSR count). The predicted octanol–water partition coefficient (Wildman–Crippen LogP) is 2.43. The topological polar surface area (TPSA) is 55.1 Å². The number of carboxylic acids is 1. The van der Waals surface area contributed by atoms with Crippen LogP contribution in [0.2, 0.25) is 0 Å². The molecule has 0 bridgehead atoms. The normalized spacial score (nSPS) is 11.8.